The summed E-state index contributed by atoms with van der Waals surface area (Å²) in [7, 11) is -3.75. The summed E-state index contributed by atoms with van der Waals surface area (Å²) in [6.45, 7) is 0.320. The molecule has 0 aliphatic carbocycles. The average molecular weight is 321 g/mol. The van der Waals surface area contributed by atoms with Crippen molar-refractivity contribution < 1.29 is 18.3 Å². The van der Waals surface area contributed by atoms with Crippen LogP contribution in [0.3, 0.4) is 0 Å². The number of carboxylic acid groups (broad SMARTS) is 1. The molecule has 0 saturated carbocycles. The van der Waals surface area contributed by atoms with Crippen LogP contribution in [-0.4, -0.2) is 47.1 Å². The third-order valence-electron chi connectivity index (χ3n) is 3.01. The minimum absolute atomic E-state index is 0.0646. The molecular formula is C10H13ClN4O4S. The van der Waals surface area contributed by atoms with Gasteiger partial charge in [-0.25, -0.2) is 0 Å². The summed E-state index contributed by atoms with van der Waals surface area (Å²) < 4.78 is 27.6. The maximum Gasteiger partial charge on any atom is 0.306 e. The van der Waals surface area contributed by atoms with Crippen LogP contribution in [0, 0.1) is 5.92 Å². The zero-order chi connectivity index (χ0) is 14.8. The Morgan fingerprint density at radius 2 is 2.00 bits per heavy atom. The molecule has 0 spiro atoms. The van der Waals surface area contributed by atoms with Crippen LogP contribution >= 0.6 is 11.6 Å². The number of anilines is 1. The molecular weight excluding hydrogens is 308 g/mol. The summed E-state index contributed by atoms with van der Waals surface area (Å²) in [5, 5.41) is 16.2. The van der Waals surface area contributed by atoms with Crippen LogP contribution < -0.4 is 4.72 Å². The number of piperidine rings is 1. The van der Waals surface area contributed by atoms with Gasteiger partial charge < -0.3 is 5.11 Å². The van der Waals surface area contributed by atoms with Gasteiger partial charge in [-0.05, 0) is 25.0 Å². The van der Waals surface area contributed by atoms with Gasteiger partial charge in [-0.15, -0.1) is 10.2 Å². The molecule has 0 aromatic carbocycles. The van der Waals surface area contributed by atoms with Crippen molar-refractivity contribution in [2.24, 2.45) is 5.92 Å². The van der Waals surface area contributed by atoms with Crippen molar-refractivity contribution in [2.75, 3.05) is 17.8 Å². The molecule has 2 heterocycles. The predicted octanol–water partition coefficient (Wildman–Crippen LogP) is 0.583. The molecule has 20 heavy (non-hydrogen) atoms. The Morgan fingerprint density at radius 3 is 2.50 bits per heavy atom. The van der Waals surface area contributed by atoms with Gasteiger partial charge in [0.05, 0.1) is 5.92 Å². The Bertz CT molecular complexity index is 584. The summed E-state index contributed by atoms with van der Waals surface area (Å²) in [5.74, 6) is -1.31. The average Bonchev–Trinajstić information content (AvgIpc) is 2.41. The first-order chi connectivity index (χ1) is 9.38. The molecule has 1 aromatic heterocycles. The van der Waals surface area contributed by atoms with Crippen LogP contribution in [0.5, 0.6) is 0 Å². The fourth-order valence-corrected chi connectivity index (χ4v) is 3.20. The zero-order valence-electron chi connectivity index (χ0n) is 10.4. The monoisotopic (exact) mass is 320 g/mol. The molecule has 0 unspecified atom stereocenters. The highest BCUT2D eigenvalue weighted by Gasteiger charge is 2.31. The van der Waals surface area contributed by atoms with E-state index in [1.54, 1.807) is 0 Å². The minimum atomic E-state index is -3.75. The van der Waals surface area contributed by atoms with Crippen LogP contribution in [0.25, 0.3) is 0 Å². The fraction of sp³-hybridized carbons (Fsp3) is 0.500. The number of hydrogen-bond acceptors (Lipinski definition) is 5. The zero-order valence-corrected chi connectivity index (χ0v) is 11.9. The highest BCUT2D eigenvalue weighted by atomic mass is 35.5. The van der Waals surface area contributed by atoms with Gasteiger partial charge in [-0.2, -0.15) is 12.7 Å². The lowest BCUT2D eigenvalue weighted by Crippen LogP contribution is -2.43. The van der Waals surface area contributed by atoms with E-state index in [0.29, 0.717) is 12.8 Å². The van der Waals surface area contributed by atoms with Crippen LogP contribution in [0.2, 0.25) is 5.15 Å². The number of carbonyl (C=O) groups is 1. The number of aliphatic carboxylic acids is 1. The number of halogens is 1. The summed E-state index contributed by atoms with van der Waals surface area (Å²) >= 11 is 5.56. The molecule has 0 bridgehead atoms. The van der Waals surface area contributed by atoms with Crippen LogP contribution in [0.1, 0.15) is 12.8 Å². The van der Waals surface area contributed by atoms with E-state index in [-0.39, 0.29) is 24.1 Å². The van der Waals surface area contributed by atoms with Crippen molar-refractivity contribution in [3.8, 4) is 0 Å². The van der Waals surface area contributed by atoms with E-state index in [1.165, 1.54) is 16.4 Å². The molecule has 1 saturated heterocycles. The number of rotatable bonds is 4. The first-order valence-corrected chi connectivity index (χ1v) is 7.70. The summed E-state index contributed by atoms with van der Waals surface area (Å²) in [6, 6.07) is 2.82. The normalized spacial score (nSPS) is 17.9. The second-order valence-corrected chi connectivity index (χ2v) is 6.42. The minimum Gasteiger partial charge on any atom is -0.481 e. The summed E-state index contributed by atoms with van der Waals surface area (Å²) in [4.78, 5) is 10.8. The van der Waals surface area contributed by atoms with Gasteiger partial charge in [0.2, 0.25) is 0 Å². The molecule has 2 rings (SSSR count). The molecule has 0 amide bonds. The maximum atomic E-state index is 12.1. The van der Waals surface area contributed by atoms with Crippen molar-refractivity contribution >= 4 is 33.6 Å². The fourth-order valence-electron chi connectivity index (χ4n) is 1.91. The van der Waals surface area contributed by atoms with Gasteiger partial charge in [0.25, 0.3) is 0 Å². The highest BCUT2D eigenvalue weighted by molar-refractivity contribution is 7.90. The van der Waals surface area contributed by atoms with Gasteiger partial charge in [0, 0.05) is 13.1 Å². The largest absolute Gasteiger partial charge is 0.481 e. The molecule has 0 atom stereocenters. The van der Waals surface area contributed by atoms with E-state index in [9.17, 15) is 13.2 Å². The van der Waals surface area contributed by atoms with Gasteiger partial charge in [0.1, 0.15) is 0 Å². The third-order valence-corrected chi connectivity index (χ3v) is 4.72. The van der Waals surface area contributed by atoms with E-state index >= 15 is 0 Å². The topological polar surface area (TPSA) is 112 Å². The van der Waals surface area contributed by atoms with Crippen molar-refractivity contribution in [1.29, 1.82) is 0 Å². The molecule has 1 aromatic rings. The Labute approximate surface area is 120 Å². The molecule has 1 aliphatic heterocycles. The maximum absolute atomic E-state index is 12.1. The van der Waals surface area contributed by atoms with Crippen molar-refractivity contribution in [2.45, 2.75) is 12.8 Å². The quantitative estimate of drug-likeness (QED) is 0.839. The lowest BCUT2D eigenvalue weighted by Gasteiger charge is -2.29. The molecule has 1 aliphatic rings. The molecule has 2 N–H and O–H groups in total. The Hall–Kier alpha value is -1.45. The standard InChI is InChI=1S/C10H13ClN4O4S/c11-8-1-2-9(13-12-8)14-20(18,19)15-5-3-7(4-6-15)10(16)17/h1-2,7H,3-6H2,(H,13,14)(H,16,17). The lowest BCUT2D eigenvalue weighted by molar-refractivity contribution is -0.142. The number of hydrogen-bond donors (Lipinski definition) is 2. The predicted molar refractivity (Wildman–Crippen MR) is 71.5 cm³/mol. The molecule has 1 fully saturated rings. The smallest absolute Gasteiger partial charge is 0.306 e. The second-order valence-electron chi connectivity index (χ2n) is 4.36. The van der Waals surface area contributed by atoms with E-state index in [1.807, 2.05) is 0 Å². The first kappa shape index (κ1) is 14.9. The number of aromatic nitrogens is 2. The Kier molecular flexibility index (Phi) is 4.41. The number of nitrogens with one attached hydrogen (secondary N) is 1. The highest BCUT2D eigenvalue weighted by Crippen LogP contribution is 2.20. The molecule has 0 radical (unpaired) electrons. The summed E-state index contributed by atoms with van der Waals surface area (Å²) in [6.07, 6.45) is 0.588. The molecule has 10 heteroatoms. The van der Waals surface area contributed by atoms with Crippen molar-refractivity contribution in [3.63, 3.8) is 0 Å². The molecule has 8 nitrogen and oxygen atoms in total. The van der Waals surface area contributed by atoms with Crippen LogP contribution in [-0.2, 0) is 15.0 Å². The number of nitrogens with zero attached hydrogens (tertiary/aromatic N) is 3. The second kappa shape index (κ2) is 5.90. The van der Waals surface area contributed by atoms with E-state index < -0.39 is 22.1 Å². The van der Waals surface area contributed by atoms with Crippen molar-refractivity contribution in [1.82, 2.24) is 14.5 Å². The van der Waals surface area contributed by atoms with Gasteiger partial charge in [0.15, 0.2) is 11.0 Å². The third kappa shape index (κ3) is 3.56. The summed E-state index contributed by atoms with van der Waals surface area (Å²) in [5.41, 5.74) is 0. The Balaban J connectivity index is 2.01. The van der Waals surface area contributed by atoms with Gasteiger partial charge in [-0.1, -0.05) is 11.6 Å². The Morgan fingerprint density at radius 1 is 1.35 bits per heavy atom. The van der Waals surface area contributed by atoms with Crippen molar-refractivity contribution in [3.05, 3.63) is 17.3 Å². The SMILES string of the molecule is O=C(O)C1CCN(S(=O)(=O)Nc2ccc(Cl)nn2)CC1. The first-order valence-electron chi connectivity index (χ1n) is 5.88. The van der Waals surface area contributed by atoms with Crippen LogP contribution in [0.15, 0.2) is 12.1 Å². The van der Waals surface area contributed by atoms with E-state index in [2.05, 4.69) is 14.9 Å². The van der Waals surface area contributed by atoms with Gasteiger partial charge >= 0.3 is 16.2 Å². The number of carboxylic acids is 1. The van der Waals surface area contributed by atoms with Crippen LogP contribution in [0.4, 0.5) is 5.82 Å². The van der Waals surface area contributed by atoms with E-state index in [4.69, 9.17) is 16.7 Å². The molecule has 110 valence electrons. The van der Waals surface area contributed by atoms with E-state index in [0.717, 1.165) is 0 Å². The van der Waals surface area contributed by atoms with Gasteiger partial charge in [-0.3, -0.25) is 9.52 Å². The lowest BCUT2D eigenvalue weighted by atomic mass is 9.99.